The number of hydrogen-bond acceptors (Lipinski definition) is 8. The summed E-state index contributed by atoms with van der Waals surface area (Å²) in [6, 6.07) is 7.13. The van der Waals surface area contributed by atoms with Crippen molar-refractivity contribution >= 4 is 21.7 Å². The number of aryl methyl sites for hydroxylation is 2. The van der Waals surface area contributed by atoms with E-state index in [4.69, 9.17) is 10.5 Å². The Hall–Kier alpha value is -4.63. The highest BCUT2D eigenvalue weighted by atomic mass is 32.2. The molecule has 3 aromatic heterocycles. The molecule has 188 valence electrons. The lowest BCUT2D eigenvalue weighted by Crippen LogP contribution is -2.16. The Morgan fingerprint density at radius 2 is 1.81 bits per heavy atom. The SMILES string of the molecule is COc1ncc(C#Cc2c(C)nc(N)nc2-c2ccnc(C)c2)cc1NS(=O)(=O)c1ccc(F)cc1F. The summed E-state index contributed by atoms with van der Waals surface area (Å²) in [6.07, 6.45) is 3.02. The van der Waals surface area contributed by atoms with Gasteiger partial charge in [0.05, 0.1) is 24.1 Å². The smallest absolute Gasteiger partial charge is 0.264 e. The quantitative estimate of drug-likeness (QED) is 0.380. The summed E-state index contributed by atoms with van der Waals surface area (Å²) in [5, 5.41) is 0. The number of hydrogen-bond donors (Lipinski definition) is 2. The van der Waals surface area contributed by atoms with E-state index in [0.717, 1.165) is 23.4 Å². The second-order valence-corrected chi connectivity index (χ2v) is 9.44. The van der Waals surface area contributed by atoms with Gasteiger partial charge in [-0.15, -0.1) is 0 Å². The second kappa shape index (κ2) is 10.2. The van der Waals surface area contributed by atoms with E-state index in [2.05, 4.69) is 36.5 Å². The Labute approximate surface area is 211 Å². The van der Waals surface area contributed by atoms with Gasteiger partial charge < -0.3 is 10.5 Å². The van der Waals surface area contributed by atoms with Crippen LogP contribution in [0.4, 0.5) is 20.4 Å². The Morgan fingerprint density at radius 1 is 1.03 bits per heavy atom. The fourth-order valence-corrected chi connectivity index (χ4v) is 4.54. The number of nitrogen functional groups attached to an aromatic ring is 1. The van der Waals surface area contributed by atoms with E-state index in [1.807, 2.05) is 13.0 Å². The first-order valence-corrected chi connectivity index (χ1v) is 12.2. The normalized spacial score (nSPS) is 10.9. The molecule has 4 aromatic rings. The number of nitrogens with zero attached hydrogens (tertiary/aromatic N) is 4. The van der Waals surface area contributed by atoms with Crippen molar-refractivity contribution in [2.45, 2.75) is 18.7 Å². The molecular weight excluding hydrogens is 502 g/mol. The molecule has 0 saturated heterocycles. The molecule has 0 saturated carbocycles. The van der Waals surface area contributed by atoms with Gasteiger partial charge in [0.15, 0.2) is 0 Å². The maximum absolute atomic E-state index is 14.1. The maximum atomic E-state index is 14.1. The maximum Gasteiger partial charge on any atom is 0.264 e. The summed E-state index contributed by atoms with van der Waals surface area (Å²) >= 11 is 0. The van der Waals surface area contributed by atoms with Gasteiger partial charge in [0.1, 0.15) is 22.2 Å². The highest BCUT2D eigenvalue weighted by molar-refractivity contribution is 7.92. The molecule has 9 nitrogen and oxygen atoms in total. The summed E-state index contributed by atoms with van der Waals surface area (Å²) in [6.45, 7) is 3.58. The minimum Gasteiger partial charge on any atom is -0.479 e. The van der Waals surface area contributed by atoms with Gasteiger partial charge in [-0.1, -0.05) is 11.8 Å². The van der Waals surface area contributed by atoms with Crippen molar-refractivity contribution in [2.24, 2.45) is 0 Å². The van der Waals surface area contributed by atoms with Crippen LogP contribution in [0.3, 0.4) is 0 Å². The van der Waals surface area contributed by atoms with Gasteiger partial charge >= 0.3 is 0 Å². The highest BCUT2D eigenvalue weighted by Gasteiger charge is 2.22. The van der Waals surface area contributed by atoms with Gasteiger partial charge in [-0.3, -0.25) is 9.71 Å². The van der Waals surface area contributed by atoms with Crippen LogP contribution < -0.4 is 15.2 Å². The molecule has 3 N–H and O–H groups in total. The lowest BCUT2D eigenvalue weighted by atomic mass is 10.0. The van der Waals surface area contributed by atoms with Crippen LogP contribution in [0.5, 0.6) is 5.88 Å². The Kier molecular flexibility index (Phi) is 6.99. The minimum absolute atomic E-state index is 0.0726. The summed E-state index contributed by atoms with van der Waals surface area (Å²) in [7, 11) is -3.14. The van der Waals surface area contributed by atoms with Crippen molar-refractivity contribution in [1.29, 1.82) is 0 Å². The number of rotatable bonds is 5. The van der Waals surface area contributed by atoms with Crippen LogP contribution in [0.2, 0.25) is 0 Å². The molecule has 37 heavy (non-hydrogen) atoms. The van der Waals surface area contributed by atoms with Crippen molar-refractivity contribution in [1.82, 2.24) is 19.9 Å². The summed E-state index contributed by atoms with van der Waals surface area (Å²) in [4.78, 5) is 16.1. The van der Waals surface area contributed by atoms with Crippen molar-refractivity contribution < 1.29 is 21.9 Å². The third-order valence-electron chi connectivity index (χ3n) is 5.08. The lowest BCUT2D eigenvalue weighted by Gasteiger charge is -2.12. The highest BCUT2D eigenvalue weighted by Crippen LogP contribution is 2.27. The van der Waals surface area contributed by atoms with Crippen LogP contribution >= 0.6 is 0 Å². The molecule has 0 spiro atoms. The number of methoxy groups -OCH3 is 1. The molecule has 1 aromatic carbocycles. The van der Waals surface area contributed by atoms with Crippen LogP contribution in [0, 0.1) is 37.3 Å². The number of nitrogens with two attached hydrogens (primary N) is 1. The van der Waals surface area contributed by atoms with E-state index < -0.39 is 26.6 Å². The Morgan fingerprint density at radius 3 is 2.51 bits per heavy atom. The molecule has 0 bridgehead atoms. The zero-order valence-electron chi connectivity index (χ0n) is 19.9. The third kappa shape index (κ3) is 5.62. The van der Waals surface area contributed by atoms with Crippen LogP contribution in [0.25, 0.3) is 11.3 Å². The van der Waals surface area contributed by atoms with Gasteiger partial charge in [-0.2, -0.15) is 0 Å². The molecule has 0 fully saturated rings. The van der Waals surface area contributed by atoms with Crippen molar-refractivity contribution in [2.75, 3.05) is 17.6 Å². The topological polar surface area (TPSA) is 133 Å². The first kappa shape index (κ1) is 25.5. The van der Waals surface area contributed by atoms with Gasteiger partial charge in [0, 0.05) is 35.3 Å². The summed E-state index contributed by atoms with van der Waals surface area (Å²) in [5.41, 5.74) is 9.17. The average Bonchev–Trinajstić information content (AvgIpc) is 2.82. The zero-order chi connectivity index (χ0) is 26.7. The predicted molar refractivity (Wildman–Crippen MR) is 133 cm³/mol. The fourth-order valence-electron chi connectivity index (χ4n) is 3.43. The molecule has 0 unspecified atom stereocenters. The predicted octanol–water partition coefficient (Wildman–Crippen LogP) is 3.62. The van der Waals surface area contributed by atoms with Crippen molar-refractivity contribution in [3.05, 3.63) is 82.9 Å². The third-order valence-corrected chi connectivity index (χ3v) is 6.48. The minimum atomic E-state index is -4.44. The molecule has 3 heterocycles. The van der Waals surface area contributed by atoms with E-state index >= 15 is 0 Å². The molecule has 0 aliphatic rings. The van der Waals surface area contributed by atoms with Gasteiger partial charge in [-0.05, 0) is 44.2 Å². The summed E-state index contributed by atoms with van der Waals surface area (Å²) in [5.74, 6) is 3.79. The number of anilines is 2. The van der Waals surface area contributed by atoms with Gasteiger partial charge in [0.2, 0.25) is 11.8 Å². The van der Waals surface area contributed by atoms with E-state index in [1.165, 1.54) is 19.4 Å². The van der Waals surface area contributed by atoms with E-state index in [9.17, 15) is 17.2 Å². The molecule has 0 radical (unpaired) electrons. The second-order valence-electron chi connectivity index (χ2n) is 7.79. The number of sulfonamides is 1. The first-order valence-electron chi connectivity index (χ1n) is 10.7. The largest absolute Gasteiger partial charge is 0.479 e. The Bertz CT molecular complexity index is 1680. The number of nitrogens with one attached hydrogen (secondary N) is 1. The monoisotopic (exact) mass is 522 g/mol. The van der Waals surface area contributed by atoms with E-state index in [1.54, 1.807) is 19.2 Å². The van der Waals surface area contributed by atoms with Crippen LogP contribution in [-0.2, 0) is 10.0 Å². The molecular formula is C25H20F2N6O3S. The number of benzene rings is 1. The van der Waals surface area contributed by atoms with Crippen LogP contribution in [0.1, 0.15) is 22.5 Å². The molecule has 0 aliphatic heterocycles. The zero-order valence-corrected chi connectivity index (χ0v) is 20.7. The lowest BCUT2D eigenvalue weighted by molar-refractivity contribution is 0.400. The van der Waals surface area contributed by atoms with E-state index in [0.29, 0.717) is 28.6 Å². The number of halogens is 2. The molecule has 0 amide bonds. The summed E-state index contributed by atoms with van der Waals surface area (Å²) < 4.78 is 60.3. The Balaban J connectivity index is 1.75. The number of pyridine rings is 2. The first-order chi connectivity index (χ1) is 17.6. The van der Waals surface area contributed by atoms with Crippen molar-refractivity contribution in [3.63, 3.8) is 0 Å². The fraction of sp³-hybridized carbons (Fsp3) is 0.120. The van der Waals surface area contributed by atoms with Crippen LogP contribution in [-0.4, -0.2) is 35.5 Å². The molecule has 0 aliphatic carbocycles. The molecule has 0 atom stereocenters. The van der Waals surface area contributed by atoms with Gasteiger partial charge in [-0.25, -0.2) is 32.2 Å². The van der Waals surface area contributed by atoms with Gasteiger partial charge in [0.25, 0.3) is 10.0 Å². The molecule has 4 rings (SSSR count). The van der Waals surface area contributed by atoms with Crippen molar-refractivity contribution in [3.8, 4) is 29.0 Å². The number of aromatic nitrogens is 4. The molecule has 12 heteroatoms. The van der Waals surface area contributed by atoms with Crippen LogP contribution in [0.15, 0.2) is 53.7 Å². The number of ether oxygens (including phenoxy) is 1. The average molecular weight is 523 g/mol. The standard InChI is InChI=1S/C25H20F2N6O3S/c1-14-10-17(8-9-29-14)23-19(15(2)31-25(28)32-23)6-4-16-11-21(24(36-3)30-13-16)33-37(34,35)22-7-5-18(26)12-20(22)27/h5,7-13,33H,1-3H3,(H2,28,31,32). The van der Waals surface area contributed by atoms with E-state index in [-0.39, 0.29) is 17.5 Å².